The van der Waals surface area contributed by atoms with Gasteiger partial charge in [0, 0.05) is 11.8 Å². The van der Waals surface area contributed by atoms with Gasteiger partial charge in [-0.15, -0.1) is 0 Å². The molecule has 2 heterocycles. The van der Waals surface area contributed by atoms with E-state index in [0.29, 0.717) is 12.3 Å². The zero-order chi connectivity index (χ0) is 16.7. The minimum Gasteiger partial charge on any atom is -0.362 e. The molecule has 1 spiro atoms. The highest BCUT2D eigenvalue weighted by atomic mass is 16.5. The summed E-state index contributed by atoms with van der Waals surface area (Å²) in [5, 5.41) is 0. The standard InChI is InChI=1S/C20H26O3/c1-9(2)13-7-6-10(3)14-15(13)18-12(5)19(22)20(23-18)8-11(4)17(21)16(14)20/h11-16,18H,1,3,6-8H2,2,4-5H3/t11-,12+,13-,14-,15-,16-,18+,20+/m0/s1. The van der Waals surface area contributed by atoms with Crippen LogP contribution in [0.2, 0.25) is 0 Å². The van der Waals surface area contributed by atoms with Crippen molar-refractivity contribution in [3.63, 3.8) is 0 Å². The van der Waals surface area contributed by atoms with Crippen molar-refractivity contribution in [3.05, 3.63) is 24.3 Å². The quantitative estimate of drug-likeness (QED) is 0.697. The van der Waals surface area contributed by atoms with E-state index < -0.39 is 5.60 Å². The number of hydrogen-bond acceptors (Lipinski definition) is 3. The van der Waals surface area contributed by atoms with E-state index in [9.17, 15) is 9.59 Å². The lowest BCUT2D eigenvalue weighted by molar-refractivity contribution is -0.176. The SMILES string of the molecule is C=C1CC[C@@H](C(=C)C)[C@@H]2[C@@H]3O[C@@]4(C[C@H](C)C(=O)[C@@H]4[C@@H]12)C(=O)[C@@H]3C. The van der Waals surface area contributed by atoms with Gasteiger partial charge in [0.2, 0.25) is 0 Å². The van der Waals surface area contributed by atoms with Crippen LogP contribution in [0.1, 0.15) is 40.0 Å². The summed E-state index contributed by atoms with van der Waals surface area (Å²) in [6.07, 6.45) is 2.42. The molecule has 4 rings (SSSR count). The third kappa shape index (κ3) is 1.69. The van der Waals surface area contributed by atoms with Crippen molar-refractivity contribution >= 4 is 11.6 Å². The molecule has 0 N–H and O–H groups in total. The van der Waals surface area contributed by atoms with Gasteiger partial charge < -0.3 is 4.74 Å². The topological polar surface area (TPSA) is 43.4 Å². The predicted molar refractivity (Wildman–Crippen MR) is 87.7 cm³/mol. The van der Waals surface area contributed by atoms with Gasteiger partial charge in [0.15, 0.2) is 5.78 Å². The first-order chi connectivity index (χ1) is 10.8. The molecule has 0 radical (unpaired) electrons. The Hall–Kier alpha value is -1.22. The molecule has 23 heavy (non-hydrogen) atoms. The Morgan fingerprint density at radius 3 is 2.65 bits per heavy atom. The summed E-state index contributed by atoms with van der Waals surface area (Å²) >= 11 is 0. The Morgan fingerprint density at radius 1 is 1.30 bits per heavy atom. The molecule has 0 unspecified atom stereocenters. The molecular weight excluding hydrogens is 288 g/mol. The van der Waals surface area contributed by atoms with Crippen molar-refractivity contribution in [2.45, 2.75) is 51.7 Å². The lowest BCUT2D eigenvalue weighted by atomic mass is 9.59. The zero-order valence-electron chi connectivity index (χ0n) is 14.3. The van der Waals surface area contributed by atoms with Gasteiger partial charge in [-0.3, -0.25) is 9.59 Å². The van der Waals surface area contributed by atoms with Crippen LogP contribution in [0.3, 0.4) is 0 Å². The van der Waals surface area contributed by atoms with E-state index in [0.717, 1.165) is 24.0 Å². The number of allylic oxidation sites excluding steroid dienone is 2. The summed E-state index contributed by atoms with van der Waals surface area (Å²) in [6, 6.07) is 0. The van der Waals surface area contributed by atoms with E-state index >= 15 is 0 Å². The van der Waals surface area contributed by atoms with E-state index in [1.807, 2.05) is 13.8 Å². The highest BCUT2D eigenvalue weighted by Gasteiger charge is 2.72. The zero-order valence-corrected chi connectivity index (χ0v) is 14.3. The van der Waals surface area contributed by atoms with Crippen LogP contribution in [0.25, 0.3) is 0 Å². The fourth-order valence-corrected chi connectivity index (χ4v) is 6.10. The highest BCUT2D eigenvalue weighted by Crippen LogP contribution is 2.63. The maximum atomic E-state index is 13.1. The predicted octanol–water partition coefficient (Wildman–Crippen LogP) is 3.34. The van der Waals surface area contributed by atoms with Crippen molar-refractivity contribution in [2.24, 2.45) is 35.5 Å². The van der Waals surface area contributed by atoms with Crippen LogP contribution in [0.15, 0.2) is 24.3 Å². The number of Topliss-reactive ketones (excluding diaryl/α,β-unsaturated/α-hetero) is 2. The summed E-state index contributed by atoms with van der Waals surface area (Å²) < 4.78 is 6.42. The van der Waals surface area contributed by atoms with Crippen molar-refractivity contribution in [1.82, 2.24) is 0 Å². The molecule has 8 atom stereocenters. The van der Waals surface area contributed by atoms with Gasteiger partial charge in [-0.25, -0.2) is 0 Å². The molecule has 3 nitrogen and oxygen atoms in total. The molecular formula is C20H26O3. The Labute approximate surface area is 138 Å². The first-order valence-corrected chi connectivity index (χ1v) is 8.88. The van der Waals surface area contributed by atoms with E-state index in [4.69, 9.17) is 4.74 Å². The van der Waals surface area contributed by atoms with Crippen molar-refractivity contribution in [2.75, 3.05) is 0 Å². The Morgan fingerprint density at radius 2 is 2.00 bits per heavy atom. The maximum Gasteiger partial charge on any atom is 0.170 e. The number of carbonyl (C=O) groups is 2. The van der Waals surface area contributed by atoms with Crippen LogP contribution in [0.5, 0.6) is 0 Å². The van der Waals surface area contributed by atoms with Crippen LogP contribution in [0.4, 0.5) is 0 Å². The van der Waals surface area contributed by atoms with Gasteiger partial charge in [0.05, 0.1) is 12.0 Å². The van der Waals surface area contributed by atoms with E-state index in [-0.39, 0.29) is 47.3 Å². The van der Waals surface area contributed by atoms with Crippen molar-refractivity contribution in [1.29, 1.82) is 0 Å². The summed E-state index contributed by atoms with van der Waals surface area (Å²) in [6.45, 7) is 14.5. The van der Waals surface area contributed by atoms with Crippen molar-refractivity contribution < 1.29 is 14.3 Å². The van der Waals surface area contributed by atoms with Crippen LogP contribution in [-0.4, -0.2) is 23.3 Å². The minimum absolute atomic E-state index is 0.0828. The molecule has 2 aliphatic heterocycles. The van der Waals surface area contributed by atoms with Gasteiger partial charge in [0.1, 0.15) is 11.4 Å². The van der Waals surface area contributed by atoms with Gasteiger partial charge in [-0.05, 0) is 43.9 Å². The molecule has 2 bridgehead atoms. The van der Waals surface area contributed by atoms with Gasteiger partial charge in [-0.2, -0.15) is 0 Å². The van der Waals surface area contributed by atoms with Crippen molar-refractivity contribution in [3.8, 4) is 0 Å². The smallest absolute Gasteiger partial charge is 0.170 e. The number of rotatable bonds is 1. The minimum atomic E-state index is -0.859. The normalized spacial score (nSPS) is 51.6. The van der Waals surface area contributed by atoms with Crippen LogP contribution < -0.4 is 0 Å². The molecule has 4 aliphatic rings. The van der Waals surface area contributed by atoms with Crippen LogP contribution in [-0.2, 0) is 14.3 Å². The second-order valence-electron chi connectivity index (χ2n) is 8.36. The molecule has 4 fully saturated rings. The molecule has 0 aromatic heterocycles. The Kier molecular flexibility index (Phi) is 3.10. The molecule has 2 aliphatic carbocycles. The first kappa shape index (κ1) is 15.3. The molecule has 124 valence electrons. The second kappa shape index (κ2) is 4.66. The molecule has 2 saturated carbocycles. The number of ketones is 2. The Bertz CT molecular complexity index is 633. The number of carbonyl (C=O) groups excluding carboxylic acids is 2. The monoisotopic (exact) mass is 314 g/mol. The molecule has 0 aromatic rings. The summed E-state index contributed by atoms with van der Waals surface area (Å²) in [7, 11) is 0. The largest absolute Gasteiger partial charge is 0.362 e. The fraction of sp³-hybridized carbons (Fsp3) is 0.700. The maximum absolute atomic E-state index is 13.1. The molecule has 0 amide bonds. The Balaban J connectivity index is 1.89. The lowest BCUT2D eigenvalue weighted by Crippen LogP contribution is -2.55. The number of fused-ring (bicyclic) bond motifs is 4. The second-order valence-corrected chi connectivity index (χ2v) is 8.36. The molecule has 2 saturated heterocycles. The van der Waals surface area contributed by atoms with Gasteiger partial charge in [0.25, 0.3) is 0 Å². The third-order valence-corrected chi connectivity index (χ3v) is 7.07. The molecule has 0 aromatic carbocycles. The average Bonchev–Trinajstić information content (AvgIpc) is 2.87. The number of hydrogen-bond donors (Lipinski definition) is 0. The summed E-state index contributed by atoms with van der Waals surface area (Å²) in [5.41, 5.74) is 1.44. The fourth-order valence-electron chi connectivity index (χ4n) is 6.10. The van der Waals surface area contributed by atoms with Crippen LogP contribution >= 0.6 is 0 Å². The first-order valence-electron chi connectivity index (χ1n) is 8.88. The van der Waals surface area contributed by atoms with Gasteiger partial charge in [-0.1, -0.05) is 38.2 Å². The summed E-state index contributed by atoms with van der Waals surface area (Å²) in [4.78, 5) is 26.0. The van der Waals surface area contributed by atoms with Crippen LogP contribution in [0, 0.1) is 35.5 Å². The highest BCUT2D eigenvalue weighted by molar-refractivity contribution is 6.02. The van der Waals surface area contributed by atoms with E-state index in [1.165, 1.54) is 0 Å². The average molecular weight is 314 g/mol. The summed E-state index contributed by atoms with van der Waals surface area (Å²) in [5.74, 6) is 0.441. The van der Waals surface area contributed by atoms with E-state index in [2.05, 4.69) is 20.1 Å². The van der Waals surface area contributed by atoms with Gasteiger partial charge >= 0.3 is 0 Å². The lowest BCUT2D eigenvalue weighted by Gasteiger charge is -2.51. The third-order valence-electron chi connectivity index (χ3n) is 7.07. The van der Waals surface area contributed by atoms with E-state index in [1.54, 1.807) is 0 Å². The molecule has 3 heteroatoms. The number of ether oxygens (including phenoxy) is 1.